The zero-order chi connectivity index (χ0) is 11.9. The standard InChI is InChI=1S/C10H20N2O3/c1-3-10(2,7-11)9(15)12-6-4-5-8(13)14/h3-7,11H2,1-2H3,(H,12,15)(H,13,14). The van der Waals surface area contributed by atoms with Gasteiger partial charge in [-0.25, -0.2) is 0 Å². The van der Waals surface area contributed by atoms with Gasteiger partial charge < -0.3 is 16.2 Å². The van der Waals surface area contributed by atoms with E-state index in [0.29, 0.717) is 25.9 Å². The van der Waals surface area contributed by atoms with Crippen molar-refractivity contribution in [2.75, 3.05) is 13.1 Å². The first-order valence-corrected chi connectivity index (χ1v) is 5.16. The minimum Gasteiger partial charge on any atom is -0.481 e. The summed E-state index contributed by atoms with van der Waals surface area (Å²) in [6.45, 7) is 4.40. The Kier molecular flexibility index (Phi) is 5.93. The van der Waals surface area contributed by atoms with Gasteiger partial charge in [0, 0.05) is 19.5 Å². The van der Waals surface area contributed by atoms with E-state index >= 15 is 0 Å². The summed E-state index contributed by atoms with van der Waals surface area (Å²) in [5.41, 5.74) is 4.98. The molecule has 0 rings (SSSR count). The fraction of sp³-hybridized carbons (Fsp3) is 0.800. The Morgan fingerprint density at radius 1 is 1.47 bits per heavy atom. The SMILES string of the molecule is CCC(C)(CN)C(=O)NCCCC(=O)O. The van der Waals surface area contributed by atoms with Gasteiger partial charge in [-0.05, 0) is 19.8 Å². The number of carboxylic acid groups (broad SMARTS) is 1. The number of aliphatic carboxylic acids is 1. The van der Waals surface area contributed by atoms with Crippen molar-refractivity contribution in [1.82, 2.24) is 5.32 Å². The lowest BCUT2D eigenvalue weighted by atomic mass is 9.86. The highest BCUT2D eigenvalue weighted by atomic mass is 16.4. The molecule has 0 spiro atoms. The van der Waals surface area contributed by atoms with E-state index in [0.717, 1.165) is 0 Å². The number of carbonyl (C=O) groups excluding carboxylic acids is 1. The highest BCUT2D eigenvalue weighted by molar-refractivity contribution is 5.82. The summed E-state index contributed by atoms with van der Waals surface area (Å²) in [6.07, 6.45) is 1.20. The highest BCUT2D eigenvalue weighted by Gasteiger charge is 2.28. The van der Waals surface area contributed by atoms with E-state index in [4.69, 9.17) is 10.8 Å². The number of carboxylic acids is 1. The molecular weight excluding hydrogens is 196 g/mol. The van der Waals surface area contributed by atoms with Gasteiger partial charge >= 0.3 is 5.97 Å². The molecule has 1 atom stereocenters. The van der Waals surface area contributed by atoms with Crippen LogP contribution in [0.1, 0.15) is 33.1 Å². The molecule has 0 heterocycles. The van der Waals surface area contributed by atoms with E-state index in [1.165, 1.54) is 0 Å². The van der Waals surface area contributed by atoms with Crippen molar-refractivity contribution >= 4 is 11.9 Å². The van der Waals surface area contributed by atoms with E-state index in [9.17, 15) is 9.59 Å². The first-order valence-electron chi connectivity index (χ1n) is 5.16. The van der Waals surface area contributed by atoms with E-state index in [1.54, 1.807) is 6.92 Å². The van der Waals surface area contributed by atoms with Gasteiger partial charge in [-0.3, -0.25) is 9.59 Å². The molecule has 0 aliphatic heterocycles. The van der Waals surface area contributed by atoms with Crippen LogP contribution in [0, 0.1) is 5.41 Å². The number of amides is 1. The van der Waals surface area contributed by atoms with Gasteiger partial charge in [-0.1, -0.05) is 6.92 Å². The van der Waals surface area contributed by atoms with Crippen molar-refractivity contribution in [3.8, 4) is 0 Å². The second-order valence-corrected chi connectivity index (χ2v) is 3.87. The average molecular weight is 216 g/mol. The summed E-state index contributed by atoms with van der Waals surface area (Å²) in [7, 11) is 0. The monoisotopic (exact) mass is 216 g/mol. The minimum atomic E-state index is -0.846. The number of carbonyl (C=O) groups is 2. The van der Waals surface area contributed by atoms with Crippen LogP contribution in [0.5, 0.6) is 0 Å². The van der Waals surface area contributed by atoms with Crippen LogP contribution in [-0.4, -0.2) is 30.1 Å². The van der Waals surface area contributed by atoms with Crippen LogP contribution < -0.4 is 11.1 Å². The van der Waals surface area contributed by atoms with Crippen LogP contribution in [0.15, 0.2) is 0 Å². The normalized spacial score (nSPS) is 14.3. The maximum Gasteiger partial charge on any atom is 0.303 e. The van der Waals surface area contributed by atoms with Gasteiger partial charge in [-0.2, -0.15) is 0 Å². The molecular formula is C10H20N2O3. The third kappa shape index (κ3) is 4.78. The largest absolute Gasteiger partial charge is 0.481 e. The molecule has 0 saturated carbocycles. The Labute approximate surface area is 90.0 Å². The van der Waals surface area contributed by atoms with E-state index in [1.807, 2.05) is 6.92 Å². The lowest BCUT2D eigenvalue weighted by Crippen LogP contribution is -2.43. The van der Waals surface area contributed by atoms with E-state index in [-0.39, 0.29) is 12.3 Å². The number of hydrogen-bond acceptors (Lipinski definition) is 3. The summed E-state index contributed by atoms with van der Waals surface area (Å²) in [4.78, 5) is 21.9. The lowest BCUT2D eigenvalue weighted by molar-refractivity contribution is -0.137. The molecule has 0 aliphatic rings. The molecule has 1 unspecified atom stereocenters. The Morgan fingerprint density at radius 2 is 2.07 bits per heavy atom. The molecule has 1 amide bonds. The summed E-state index contributed by atoms with van der Waals surface area (Å²) >= 11 is 0. The van der Waals surface area contributed by atoms with Gasteiger partial charge in [-0.15, -0.1) is 0 Å². The van der Waals surface area contributed by atoms with Crippen LogP contribution >= 0.6 is 0 Å². The van der Waals surface area contributed by atoms with Crippen molar-refractivity contribution in [2.24, 2.45) is 11.1 Å². The number of nitrogens with two attached hydrogens (primary N) is 1. The molecule has 5 heteroatoms. The number of rotatable bonds is 7. The zero-order valence-corrected chi connectivity index (χ0v) is 9.38. The fourth-order valence-corrected chi connectivity index (χ4v) is 1.05. The van der Waals surface area contributed by atoms with Crippen LogP contribution in [0.2, 0.25) is 0 Å². The first-order chi connectivity index (χ1) is 6.96. The highest BCUT2D eigenvalue weighted by Crippen LogP contribution is 2.18. The molecule has 0 saturated heterocycles. The topological polar surface area (TPSA) is 92.4 Å². The van der Waals surface area contributed by atoms with Gasteiger partial charge in [0.2, 0.25) is 5.91 Å². The molecule has 5 nitrogen and oxygen atoms in total. The smallest absolute Gasteiger partial charge is 0.303 e. The predicted molar refractivity (Wildman–Crippen MR) is 57.3 cm³/mol. The summed E-state index contributed by atoms with van der Waals surface area (Å²) in [5.74, 6) is -0.945. The van der Waals surface area contributed by atoms with Crippen LogP contribution in [0.3, 0.4) is 0 Å². The number of nitrogens with one attached hydrogen (secondary N) is 1. The van der Waals surface area contributed by atoms with Crippen molar-refractivity contribution in [1.29, 1.82) is 0 Å². The van der Waals surface area contributed by atoms with Crippen LogP contribution in [0.25, 0.3) is 0 Å². The molecule has 0 fully saturated rings. The van der Waals surface area contributed by atoms with E-state index in [2.05, 4.69) is 5.32 Å². The fourth-order valence-electron chi connectivity index (χ4n) is 1.05. The quantitative estimate of drug-likeness (QED) is 0.535. The number of hydrogen-bond donors (Lipinski definition) is 3. The first kappa shape index (κ1) is 13.9. The second-order valence-electron chi connectivity index (χ2n) is 3.87. The molecule has 0 aliphatic carbocycles. The molecule has 0 aromatic heterocycles. The van der Waals surface area contributed by atoms with Crippen LogP contribution in [-0.2, 0) is 9.59 Å². The predicted octanol–water partition coefficient (Wildman–Crippen LogP) is 0.342. The molecule has 15 heavy (non-hydrogen) atoms. The second kappa shape index (κ2) is 6.40. The molecule has 0 bridgehead atoms. The summed E-state index contributed by atoms with van der Waals surface area (Å²) in [6, 6.07) is 0. The Hall–Kier alpha value is -1.10. The van der Waals surface area contributed by atoms with E-state index < -0.39 is 11.4 Å². The van der Waals surface area contributed by atoms with Crippen molar-refractivity contribution in [2.45, 2.75) is 33.1 Å². The van der Waals surface area contributed by atoms with Crippen molar-refractivity contribution in [3.05, 3.63) is 0 Å². The van der Waals surface area contributed by atoms with Gasteiger partial charge in [0.25, 0.3) is 0 Å². The molecule has 0 radical (unpaired) electrons. The summed E-state index contributed by atoms with van der Waals surface area (Å²) < 4.78 is 0. The third-order valence-electron chi connectivity index (χ3n) is 2.63. The Bertz CT molecular complexity index is 225. The Balaban J connectivity index is 3.87. The summed E-state index contributed by atoms with van der Waals surface area (Å²) in [5, 5.41) is 11.1. The zero-order valence-electron chi connectivity index (χ0n) is 9.38. The Morgan fingerprint density at radius 3 is 2.47 bits per heavy atom. The maximum absolute atomic E-state index is 11.6. The van der Waals surface area contributed by atoms with Gasteiger partial charge in [0.05, 0.1) is 5.41 Å². The van der Waals surface area contributed by atoms with Crippen molar-refractivity contribution < 1.29 is 14.7 Å². The average Bonchev–Trinajstić information content (AvgIpc) is 2.22. The molecule has 0 aromatic carbocycles. The molecule has 4 N–H and O–H groups in total. The maximum atomic E-state index is 11.6. The van der Waals surface area contributed by atoms with Crippen LogP contribution in [0.4, 0.5) is 0 Å². The molecule has 88 valence electrons. The minimum absolute atomic E-state index is 0.0751. The van der Waals surface area contributed by atoms with Gasteiger partial charge in [0.15, 0.2) is 0 Å². The van der Waals surface area contributed by atoms with Gasteiger partial charge in [0.1, 0.15) is 0 Å². The third-order valence-corrected chi connectivity index (χ3v) is 2.63. The van der Waals surface area contributed by atoms with Crippen molar-refractivity contribution in [3.63, 3.8) is 0 Å². The lowest BCUT2D eigenvalue weighted by Gasteiger charge is -2.24. The molecule has 0 aromatic rings.